The van der Waals surface area contributed by atoms with Crippen molar-refractivity contribution in [1.29, 1.82) is 0 Å². The van der Waals surface area contributed by atoms with Crippen LogP contribution in [0, 0.1) is 5.92 Å². The number of nitrogens with one attached hydrogen (secondary N) is 1. The van der Waals surface area contributed by atoms with Crippen LogP contribution in [0.4, 0.5) is 5.69 Å². The van der Waals surface area contributed by atoms with Gasteiger partial charge in [0.05, 0.1) is 17.9 Å². The molecule has 2 amide bonds. The van der Waals surface area contributed by atoms with Crippen LogP contribution < -0.4 is 10.4 Å². The first kappa shape index (κ1) is 17.7. The summed E-state index contributed by atoms with van der Waals surface area (Å²) in [6, 6.07) is 15.3. The highest BCUT2D eigenvalue weighted by Crippen LogP contribution is 2.29. The normalized spacial score (nSPS) is 17.8. The van der Waals surface area contributed by atoms with Crippen molar-refractivity contribution < 1.29 is 19.5 Å². The summed E-state index contributed by atoms with van der Waals surface area (Å²) in [5.74, 6) is -2.00. The Morgan fingerprint density at radius 3 is 2.38 bits per heavy atom. The summed E-state index contributed by atoms with van der Waals surface area (Å²) >= 11 is 0. The molecular formula is C20H19N2O4-. The molecular weight excluding hydrogens is 332 g/mol. The van der Waals surface area contributed by atoms with Gasteiger partial charge in [-0.1, -0.05) is 42.5 Å². The van der Waals surface area contributed by atoms with Crippen LogP contribution in [-0.2, 0) is 9.59 Å². The van der Waals surface area contributed by atoms with Gasteiger partial charge in [-0.2, -0.15) is 0 Å². The number of anilines is 1. The molecule has 0 aliphatic carbocycles. The van der Waals surface area contributed by atoms with Crippen molar-refractivity contribution in [3.8, 4) is 0 Å². The molecule has 1 N–H and O–H groups in total. The maximum atomic E-state index is 12.5. The average molecular weight is 351 g/mol. The fourth-order valence-electron chi connectivity index (χ4n) is 3.13. The molecule has 2 aromatic rings. The molecule has 2 atom stereocenters. The molecule has 6 heteroatoms. The minimum atomic E-state index is -1.27. The zero-order chi connectivity index (χ0) is 18.7. The number of carboxylic acids is 1. The van der Waals surface area contributed by atoms with E-state index in [1.54, 1.807) is 4.90 Å². The molecule has 3 rings (SSSR count). The first-order chi connectivity index (χ1) is 12.5. The molecule has 0 radical (unpaired) electrons. The van der Waals surface area contributed by atoms with E-state index in [0.29, 0.717) is 12.2 Å². The first-order valence-electron chi connectivity index (χ1n) is 8.42. The van der Waals surface area contributed by atoms with Crippen LogP contribution >= 0.6 is 0 Å². The van der Waals surface area contributed by atoms with Gasteiger partial charge in [0.15, 0.2) is 0 Å². The first-order valence-corrected chi connectivity index (χ1v) is 8.42. The molecule has 1 aliphatic heterocycles. The zero-order valence-electron chi connectivity index (χ0n) is 14.3. The Morgan fingerprint density at radius 2 is 1.77 bits per heavy atom. The second-order valence-corrected chi connectivity index (χ2v) is 6.39. The number of hydrogen-bond donors (Lipinski definition) is 1. The highest BCUT2D eigenvalue weighted by atomic mass is 16.4. The number of carboxylic acid groups (broad SMARTS) is 1. The number of rotatable bonds is 5. The maximum Gasteiger partial charge on any atom is 0.229 e. The van der Waals surface area contributed by atoms with Crippen molar-refractivity contribution in [2.75, 3.05) is 11.9 Å². The SMILES string of the molecule is C[C@H](c1ccccc1)N1C[C@H](C(=O)Nc2ccc(C(=O)[O-])cc2)CC1=O. The monoisotopic (exact) mass is 351 g/mol. The molecule has 2 aromatic carbocycles. The van der Waals surface area contributed by atoms with E-state index in [2.05, 4.69) is 5.32 Å². The number of carbonyl (C=O) groups is 3. The van der Waals surface area contributed by atoms with Crippen LogP contribution in [0.25, 0.3) is 0 Å². The zero-order valence-corrected chi connectivity index (χ0v) is 14.3. The number of amides is 2. The quantitative estimate of drug-likeness (QED) is 0.886. The summed E-state index contributed by atoms with van der Waals surface area (Å²) in [6.45, 7) is 2.31. The summed E-state index contributed by atoms with van der Waals surface area (Å²) in [5.41, 5.74) is 1.56. The van der Waals surface area contributed by atoms with Gasteiger partial charge in [-0.25, -0.2) is 0 Å². The Hall–Kier alpha value is -3.15. The second-order valence-electron chi connectivity index (χ2n) is 6.39. The molecule has 26 heavy (non-hydrogen) atoms. The van der Waals surface area contributed by atoms with Gasteiger partial charge in [0, 0.05) is 18.7 Å². The fourth-order valence-corrected chi connectivity index (χ4v) is 3.13. The Kier molecular flexibility index (Phi) is 5.02. The van der Waals surface area contributed by atoms with Crippen molar-refractivity contribution in [1.82, 2.24) is 4.90 Å². The van der Waals surface area contributed by atoms with Crippen LogP contribution in [0.15, 0.2) is 54.6 Å². The lowest BCUT2D eigenvalue weighted by Gasteiger charge is -2.25. The number of aromatic carboxylic acids is 1. The summed E-state index contributed by atoms with van der Waals surface area (Å²) < 4.78 is 0. The van der Waals surface area contributed by atoms with E-state index in [1.807, 2.05) is 37.3 Å². The van der Waals surface area contributed by atoms with Gasteiger partial charge in [-0.15, -0.1) is 0 Å². The van der Waals surface area contributed by atoms with E-state index in [9.17, 15) is 19.5 Å². The molecule has 0 bridgehead atoms. The van der Waals surface area contributed by atoms with E-state index < -0.39 is 11.9 Å². The van der Waals surface area contributed by atoms with Crippen molar-refractivity contribution in [2.45, 2.75) is 19.4 Å². The number of hydrogen-bond acceptors (Lipinski definition) is 4. The highest BCUT2D eigenvalue weighted by Gasteiger charge is 2.36. The van der Waals surface area contributed by atoms with E-state index in [-0.39, 0.29) is 29.8 Å². The predicted molar refractivity (Wildman–Crippen MR) is 94.1 cm³/mol. The Bertz CT molecular complexity index is 817. The molecule has 1 saturated heterocycles. The smallest absolute Gasteiger partial charge is 0.229 e. The van der Waals surface area contributed by atoms with E-state index >= 15 is 0 Å². The third-order valence-electron chi connectivity index (χ3n) is 4.67. The third kappa shape index (κ3) is 3.74. The molecule has 1 heterocycles. The van der Waals surface area contributed by atoms with Crippen molar-refractivity contribution in [3.63, 3.8) is 0 Å². The van der Waals surface area contributed by atoms with Crippen molar-refractivity contribution in [2.24, 2.45) is 5.92 Å². The van der Waals surface area contributed by atoms with E-state index in [0.717, 1.165) is 5.56 Å². The van der Waals surface area contributed by atoms with Gasteiger partial charge in [0.2, 0.25) is 11.8 Å². The summed E-state index contributed by atoms with van der Waals surface area (Å²) in [5, 5.41) is 13.5. The molecule has 1 aliphatic rings. The minimum Gasteiger partial charge on any atom is -0.545 e. The number of likely N-dealkylation sites (tertiary alicyclic amines) is 1. The van der Waals surface area contributed by atoms with Gasteiger partial charge in [-0.05, 0) is 30.2 Å². The van der Waals surface area contributed by atoms with Gasteiger partial charge < -0.3 is 20.1 Å². The Morgan fingerprint density at radius 1 is 1.12 bits per heavy atom. The fraction of sp³-hybridized carbons (Fsp3) is 0.250. The average Bonchev–Trinajstić information content (AvgIpc) is 3.04. The van der Waals surface area contributed by atoms with Crippen molar-refractivity contribution in [3.05, 3.63) is 65.7 Å². The van der Waals surface area contributed by atoms with E-state index in [1.165, 1.54) is 24.3 Å². The van der Waals surface area contributed by atoms with Gasteiger partial charge in [0.25, 0.3) is 0 Å². The summed E-state index contributed by atoms with van der Waals surface area (Å²) in [6.07, 6.45) is 0.167. The van der Waals surface area contributed by atoms with Crippen LogP contribution in [-0.4, -0.2) is 29.2 Å². The standard InChI is InChI=1S/C20H20N2O4/c1-13(14-5-3-2-4-6-14)22-12-16(11-18(22)23)19(24)21-17-9-7-15(8-10-17)20(25)26/h2-10,13,16H,11-12H2,1H3,(H,21,24)(H,25,26)/p-1/t13-,16-/m1/s1. The molecule has 0 aromatic heterocycles. The van der Waals surface area contributed by atoms with Crippen LogP contribution in [0.3, 0.4) is 0 Å². The van der Waals surface area contributed by atoms with Crippen LogP contribution in [0.5, 0.6) is 0 Å². The number of carbonyl (C=O) groups excluding carboxylic acids is 3. The highest BCUT2D eigenvalue weighted by molar-refractivity contribution is 5.97. The van der Waals surface area contributed by atoms with E-state index in [4.69, 9.17) is 0 Å². The predicted octanol–water partition coefficient (Wildman–Crippen LogP) is 1.60. The van der Waals surface area contributed by atoms with Crippen LogP contribution in [0.2, 0.25) is 0 Å². The lowest BCUT2D eigenvalue weighted by Crippen LogP contribution is -2.30. The summed E-state index contributed by atoms with van der Waals surface area (Å²) in [7, 11) is 0. The summed E-state index contributed by atoms with van der Waals surface area (Å²) in [4.78, 5) is 37.3. The molecule has 0 spiro atoms. The lowest BCUT2D eigenvalue weighted by molar-refractivity contribution is -0.255. The van der Waals surface area contributed by atoms with Gasteiger partial charge in [0.1, 0.15) is 0 Å². The molecule has 6 nitrogen and oxygen atoms in total. The largest absolute Gasteiger partial charge is 0.545 e. The van der Waals surface area contributed by atoms with Gasteiger partial charge >= 0.3 is 0 Å². The maximum absolute atomic E-state index is 12.5. The number of nitrogens with zero attached hydrogens (tertiary/aromatic N) is 1. The Labute approximate surface area is 151 Å². The van der Waals surface area contributed by atoms with Crippen LogP contribution in [0.1, 0.15) is 35.3 Å². The lowest BCUT2D eigenvalue weighted by atomic mass is 10.1. The molecule has 1 fully saturated rings. The molecule has 0 unspecified atom stereocenters. The molecule has 0 saturated carbocycles. The minimum absolute atomic E-state index is 0.0434. The topological polar surface area (TPSA) is 89.5 Å². The Balaban J connectivity index is 1.64. The number of benzene rings is 2. The molecule has 134 valence electrons. The third-order valence-corrected chi connectivity index (χ3v) is 4.67. The van der Waals surface area contributed by atoms with Crippen molar-refractivity contribution >= 4 is 23.5 Å². The second kappa shape index (κ2) is 7.39. The van der Waals surface area contributed by atoms with Gasteiger partial charge in [-0.3, -0.25) is 9.59 Å².